The van der Waals surface area contributed by atoms with Crippen LogP contribution in [0.25, 0.3) is 0 Å². The topological polar surface area (TPSA) is 75.4 Å². The van der Waals surface area contributed by atoms with Gasteiger partial charge in [0.05, 0.1) is 6.61 Å². The summed E-state index contributed by atoms with van der Waals surface area (Å²) in [4.78, 5) is 12.1. The number of carbonyl (C=O) groups is 1. The van der Waals surface area contributed by atoms with Gasteiger partial charge in [0.25, 0.3) is 0 Å². The second-order valence-electron chi connectivity index (χ2n) is 4.19. The first-order valence-electron chi connectivity index (χ1n) is 6.02. The number of carbonyl (C=O) groups excluding carboxylic acids is 1. The molecule has 2 aromatic carbocycles. The lowest BCUT2D eigenvalue weighted by Crippen LogP contribution is -2.28. The molecule has 4 nitrogen and oxygen atoms in total. The number of aliphatic hydroxyl groups excluding tert-OH is 1. The van der Waals surface area contributed by atoms with Crippen LogP contribution < -0.4 is 11.1 Å². The minimum Gasteiger partial charge on any atom is -0.392 e. The summed E-state index contributed by atoms with van der Waals surface area (Å²) in [5, 5.41) is 11.9. The van der Waals surface area contributed by atoms with Gasteiger partial charge in [-0.3, -0.25) is 4.79 Å². The summed E-state index contributed by atoms with van der Waals surface area (Å²) in [5.41, 5.74) is 7.90. The number of para-hydroxylation sites is 1. The number of anilines is 1. The van der Waals surface area contributed by atoms with E-state index in [9.17, 15) is 9.90 Å². The van der Waals surface area contributed by atoms with Crippen LogP contribution in [-0.4, -0.2) is 11.0 Å². The van der Waals surface area contributed by atoms with Gasteiger partial charge in [-0.05, 0) is 11.6 Å². The molecular formula is C15H16N2O2. The van der Waals surface area contributed by atoms with Crippen LogP contribution in [0.2, 0.25) is 0 Å². The molecule has 2 aromatic rings. The minimum absolute atomic E-state index is 0.128. The molecule has 0 saturated carbocycles. The normalized spacial score (nSPS) is 11.9. The number of aliphatic hydroxyl groups is 1. The maximum absolute atomic E-state index is 12.1. The van der Waals surface area contributed by atoms with Gasteiger partial charge in [0, 0.05) is 11.3 Å². The molecule has 1 atom stereocenters. The highest BCUT2D eigenvalue weighted by Crippen LogP contribution is 2.17. The van der Waals surface area contributed by atoms with Gasteiger partial charge >= 0.3 is 0 Å². The van der Waals surface area contributed by atoms with E-state index in [0.717, 1.165) is 5.56 Å². The van der Waals surface area contributed by atoms with E-state index in [1.54, 1.807) is 24.3 Å². The van der Waals surface area contributed by atoms with Crippen LogP contribution in [0.15, 0.2) is 54.6 Å². The summed E-state index contributed by atoms with van der Waals surface area (Å²) in [7, 11) is 0. The van der Waals surface area contributed by atoms with Gasteiger partial charge in [-0.1, -0.05) is 48.5 Å². The minimum atomic E-state index is -0.729. The Morgan fingerprint density at radius 3 is 2.42 bits per heavy atom. The zero-order chi connectivity index (χ0) is 13.7. The molecule has 0 spiro atoms. The quantitative estimate of drug-likeness (QED) is 0.781. The zero-order valence-corrected chi connectivity index (χ0v) is 10.4. The number of nitrogens with one attached hydrogen (secondary N) is 1. The van der Waals surface area contributed by atoms with Crippen LogP contribution in [-0.2, 0) is 11.4 Å². The number of benzene rings is 2. The first kappa shape index (κ1) is 13.3. The van der Waals surface area contributed by atoms with Gasteiger partial charge in [-0.15, -0.1) is 0 Å². The molecule has 0 bridgehead atoms. The van der Waals surface area contributed by atoms with E-state index < -0.39 is 6.04 Å². The van der Waals surface area contributed by atoms with Crippen LogP contribution in [0, 0.1) is 0 Å². The van der Waals surface area contributed by atoms with E-state index in [1.165, 1.54) is 0 Å². The summed E-state index contributed by atoms with van der Waals surface area (Å²) < 4.78 is 0. The van der Waals surface area contributed by atoms with Gasteiger partial charge in [-0.25, -0.2) is 0 Å². The standard InChI is InChI=1S/C15H16N2O2/c16-14(11-6-2-1-3-7-11)15(19)17-13-9-5-4-8-12(13)10-18/h1-9,14,18H,10,16H2,(H,17,19)/t14-/m1/s1. The Bertz CT molecular complexity index is 555. The van der Waals surface area contributed by atoms with Crippen LogP contribution in [0.1, 0.15) is 17.2 Å². The average molecular weight is 256 g/mol. The molecule has 1 amide bonds. The highest BCUT2D eigenvalue weighted by Gasteiger charge is 2.16. The van der Waals surface area contributed by atoms with Crippen molar-refractivity contribution >= 4 is 11.6 Å². The van der Waals surface area contributed by atoms with Crippen molar-refractivity contribution in [1.29, 1.82) is 0 Å². The van der Waals surface area contributed by atoms with E-state index in [-0.39, 0.29) is 12.5 Å². The largest absolute Gasteiger partial charge is 0.392 e. The fraction of sp³-hybridized carbons (Fsp3) is 0.133. The monoisotopic (exact) mass is 256 g/mol. The molecule has 4 N–H and O–H groups in total. The lowest BCUT2D eigenvalue weighted by Gasteiger charge is -2.14. The van der Waals surface area contributed by atoms with Crippen molar-refractivity contribution in [3.05, 3.63) is 65.7 Å². The van der Waals surface area contributed by atoms with Crippen LogP contribution in [0.4, 0.5) is 5.69 Å². The molecular weight excluding hydrogens is 240 g/mol. The molecule has 0 heterocycles. The Morgan fingerprint density at radius 2 is 1.74 bits per heavy atom. The van der Waals surface area contributed by atoms with E-state index >= 15 is 0 Å². The highest BCUT2D eigenvalue weighted by molar-refractivity contribution is 5.95. The summed E-state index contributed by atoms with van der Waals surface area (Å²) in [5.74, 6) is -0.299. The number of amides is 1. The predicted molar refractivity (Wildman–Crippen MR) is 74.4 cm³/mol. The van der Waals surface area contributed by atoms with Crippen molar-refractivity contribution in [1.82, 2.24) is 0 Å². The Morgan fingerprint density at radius 1 is 1.11 bits per heavy atom. The molecule has 0 radical (unpaired) electrons. The van der Waals surface area contributed by atoms with Crippen molar-refractivity contribution in [3.8, 4) is 0 Å². The van der Waals surface area contributed by atoms with E-state index in [1.807, 2.05) is 30.3 Å². The zero-order valence-electron chi connectivity index (χ0n) is 10.4. The molecule has 0 aromatic heterocycles. The van der Waals surface area contributed by atoms with Gasteiger partial charge in [0.1, 0.15) is 6.04 Å². The maximum atomic E-state index is 12.1. The third-order valence-corrected chi connectivity index (χ3v) is 2.89. The van der Waals surface area contributed by atoms with Gasteiger partial charge < -0.3 is 16.2 Å². The summed E-state index contributed by atoms with van der Waals surface area (Å²) in [6, 6.07) is 15.5. The Labute approximate surface area is 111 Å². The lowest BCUT2D eigenvalue weighted by atomic mass is 10.1. The first-order chi connectivity index (χ1) is 9.22. The van der Waals surface area contributed by atoms with E-state index in [4.69, 9.17) is 5.73 Å². The van der Waals surface area contributed by atoms with Crippen LogP contribution in [0.5, 0.6) is 0 Å². The van der Waals surface area contributed by atoms with Crippen molar-refractivity contribution in [2.24, 2.45) is 5.73 Å². The first-order valence-corrected chi connectivity index (χ1v) is 6.02. The van der Waals surface area contributed by atoms with Crippen molar-refractivity contribution in [3.63, 3.8) is 0 Å². The fourth-order valence-corrected chi connectivity index (χ4v) is 1.80. The third kappa shape index (κ3) is 3.19. The molecule has 0 unspecified atom stereocenters. The highest BCUT2D eigenvalue weighted by atomic mass is 16.3. The molecule has 0 fully saturated rings. The smallest absolute Gasteiger partial charge is 0.245 e. The average Bonchev–Trinajstić information content (AvgIpc) is 2.48. The van der Waals surface area contributed by atoms with E-state index in [0.29, 0.717) is 11.3 Å². The van der Waals surface area contributed by atoms with Gasteiger partial charge in [-0.2, -0.15) is 0 Å². The Hall–Kier alpha value is -2.17. The lowest BCUT2D eigenvalue weighted by molar-refractivity contribution is -0.117. The van der Waals surface area contributed by atoms with Crippen molar-refractivity contribution < 1.29 is 9.90 Å². The molecule has 4 heteroatoms. The maximum Gasteiger partial charge on any atom is 0.245 e. The Balaban J connectivity index is 2.13. The molecule has 0 aliphatic heterocycles. The molecule has 19 heavy (non-hydrogen) atoms. The second kappa shape index (κ2) is 6.13. The Kier molecular flexibility index (Phi) is 4.28. The summed E-state index contributed by atoms with van der Waals surface area (Å²) in [6.45, 7) is -0.128. The molecule has 0 saturated heterocycles. The number of nitrogens with two attached hydrogens (primary N) is 1. The van der Waals surface area contributed by atoms with Crippen molar-refractivity contribution in [2.45, 2.75) is 12.6 Å². The van der Waals surface area contributed by atoms with Crippen LogP contribution in [0.3, 0.4) is 0 Å². The van der Waals surface area contributed by atoms with Gasteiger partial charge in [0.15, 0.2) is 0 Å². The summed E-state index contributed by atoms with van der Waals surface area (Å²) >= 11 is 0. The molecule has 0 aliphatic carbocycles. The van der Waals surface area contributed by atoms with Crippen LogP contribution >= 0.6 is 0 Å². The SMILES string of the molecule is N[C@@H](C(=O)Nc1ccccc1CO)c1ccccc1. The molecule has 0 aliphatic rings. The number of hydrogen-bond acceptors (Lipinski definition) is 3. The van der Waals surface area contributed by atoms with Gasteiger partial charge in [0.2, 0.25) is 5.91 Å². The third-order valence-electron chi connectivity index (χ3n) is 2.89. The van der Waals surface area contributed by atoms with E-state index in [2.05, 4.69) is 5.32 Å². The number of hydrogen-bond donors (Lipinski definition) is 3. The fourth-order valence-electron chi connectivity index (χ4n) is 1.80. The predicted octanol–water partition coefficient (Wildman–Crippen LogP) is 1.82. The van der Waals surface area contributed by atoms with Crippen molar-refractivity contribution in [2.75, 3.05) is 5.32 Å². The number of rotatable bonds is 4. The summed E-state index contributed by atoms with van der Waals surface area (Å²) in [6.07, 6.45) is 0. The molecule has 2 rings (SSSR count). The molecule has 98 valence electrons. The second-order valence-corrected chi connectivity index (χ2v) is 4.19.